The summed E-state index contributed by atoms with van der Waals surface area (Å²) in [5.41, 5.74) is 0.767. The molecule has 0 radical (unpaired) electrons. The van der Waals surface area contributed by atoms with E-state index in [1.54, 1.807) is 42.5 Å². The van der Waals surface area contributed by atoms with E-state index in [-0.39, 0.29) is 0 Å². The molecule has 2 rings (SSSR count). The minimum atomic E-state index is -0.511. The average molecular weight is 368 g/mol. The smallest absolute Gasteiger partial charge is 0.233 e. The second-order valence-corrected chi connectivity index (χ2v) is 5.51. The fourth-order valence-electron chi connectivity index (χ4n) is 1.54. The van der Waals surface area contributed by atoms with Gasteiger partial charge in [0.05, 0.1) is 0 Å². The molecule has 0 aromatic heterocycles. The number of halogens is 2. The second-order valence-electron chi connectivity index (χ2n) is 3.68. The third-order valence-corrected chi connectivity index (χ3v) is 3.28. The molecule has 0 unspecified atom stereocenters. The van der Waals surface area contributed by atoms with E-state index in [0.717, 1.165) is 8.95 Å². The summed E-state index contributed by atoms with van der Waals surface area (Å²) >= 11 is 6.59. The van der Waals surface area contributed by atoms with Gasteiger partial charge in [-0.25, -0.2) is 0 Å². The van der Waals surface area contributed by atoms with Crippen molar-refractivity contribution in [3.8, 4) is 0 Å². The summed E-state index contributed by atoms with van der Waals surface area (Å²) in [6.07, 6.45) is 0. The van der Waals surface area contributed by atoms with Crippen LogP contribution in [0.15, 0.2) is 57.5 Å². The molecule has 18 heavy (non-hydrogen) atoms. The van der Waals surface area contributed by atoms with Gasteiger partial charge < -0.3 is 0 Å². The summed E-state index contributed by atoms with van der Waals surface area (Å²) in [6, 6.07) is 13.6. The van der Waals surface area contributed by atoms with Crippen LogP contribution >= 0.6 is 31.9 Å². The van der Waals surface area contributed by atoms with Crippen molar-refractivity contribution in [3.05, 3.63) is 68.6 Å². The van der Waals surface area contributed by atoms with Crippen LogP contribution in [-0.2, 0) is 0 Å². The Balaban J connectivity index is 2.35. The standard InChI is InChI=1S/C14H8Br2O2/c15-11-6-10(7-12(16)8-11)14(18)13(17)9-4-2-1-3-5-9/h1-8H. The van der Waals surface area contributed by atoms with Gasteiger partial charge in [0, 0.05) is 20.1 Å². The van der Waals surface area contributed by atoms with Crippen LogP contribution in [0.2, 0.25) is 0 Å². The number of rotatable bonds is 3. The highest BCUT2D eigenvalue weighted by Gasteiger charge is 2.18. The quantitative estimate of drug-likeness (QED) is 0.599. The van der Waals surface area contributed by atoms with E-state index in [1.165, 1.54) is 0 Å². The molecule has 0 saturated heterocycles. The first-order valence-electron chi connectivity index (χ1n) is 5.18. The molecule has 90 valence electrons. The number of ketones is 2. The molecule has 0 heterocycles. The third-order valence-electron chi connectivity index (χ3n) is 2.37. The van der Waals surface area contributed by atoms with Crippen molar-refractivity contribution < 1.29 is 9.59 Å². The van der Waals surface area contributed by atoms with Crippen LogP contribution in [0.25, 0.3) is 0 Å². The third kappa shape index (κ3) is 2.94. The highest BCUT2D eigenvalue weighted by atomic mass is 79.9. The lowest BCUT2D eigenvalue weighted by Crippen LogP contribution is -2.14. The Kier molecular flexibility index (Phi) is 4.09. The van der Waals surface area contributed by atoms with Crippen LogP contribution < -0.4 is 0 Å². The Labute approximate surface area is 121 Å². The first-order valence-corrected chi connectivity index (χ1v) is 6.76. The molecule has 2 nitrogen and oxygen atoms in total. The largest absolute Gasteiger partial charge is 0.285 e. The lowest BCUT2D eigenvalue weighted by atomic mass is 10.0. The van der Waals surface area contributed by atoms with Crippen LogP contribution in [0.5, 0.6) is 0 Å². The van der Waals surface area contributed by atoms with E-state index in [1.807, 2.05) is 6.07 Å². The Morgan fingerprint density at radius 3 is 1.78 bits per heavy atom. The van der Waals surface area contributed by atoms with E-state index in [4.69, 9.17) is 0 Å². The minimum Gasteiger partial charge on any atom is -0.285 e. The van der Waals surface area contributed by atoms with Crippen molar-refractivity contribution in [1.29, 1.82) is 0 Å². The normalized spacial score (nSPS) is 10.1. The van der Waals surface area contributed by atoms with Crippen molar-refractivity contribution in [3.63, 3.8) is 0 Å². The van der Waals surface area contributed by atoms with Crippen molar-refractivity contribution in [2.24, 2.45) is 0 Å². The highest BCUT2D eigenvalue weighted by Crippen LogP contribution is 2.21. The monoisotopic (exact) mass is 366 g/mol. The molecule has 2 aromatic carbocycles. The van der Waals surface area contributed by atoms with E-state index in [9.17, 15) is 9.59 Å². The summed E-state index contributed by atoms with van der Waals surface area (Å²) in [5, 5.41) is 0. The number of hydrogen-bond acceptors (Lipinski definition) is 2. The number of benzene rings is 2. The molecule has 0 spiro atoms. The van der Waals surface area contributed by atoms with Gasteiger partial charge in [-0.15, -0.1) is 0 Å². The molecule has 0 N–H and O–H groups in total. The summed E-state index contributed by atoms with van der Waals surface area (Å²) in [4.78, 5) is 24.0. The fraction of sp³-hybridized carbons (Fsp3) is 0. The molecule has 0 aliphatic rings. The molecule has 0 amide bonds. The Bertz CT molecular complexity index is 586. The van der Waals surface area contributed by atoms with Gasteiger partial charge >= 0.3 is 0 Å². The van der Waals surface area contributed by atoms with Crippen molar-refractivity contribution in [1.82, 2.24) is 0 Å². The molecular weight excluding hydrogens is 360 g/mol. The molecular formula is C14H8Br2O2. The van der Waals surface area contributed by atoms with Gasteiger partial charge in [0.15, 0.2) is 0 Å². The molecule has 0 aliphatic carbocycles. The highest BCUT2D eigenvalue weighted by molar-refractivity contribution is 9.11. The van der Waals surface area contributed by atoms with E-state index in [2.05, 4.69) is 31.9 Å². The number of hydrogen-bond donors (Lipinski definition) is 0. The van der Waals surface area contributed by atoms with Gasteiger partial charge in [-0.3, -0.25) is 9.59 Å². The Hall–Kier alpha value is -1.26. The molecule has 0 fully saturated rings. The van der Waals surface area contributed by atoms with Crippen molar-refractivity contribution >= 4 is 43.4 Å². The van der Waals surface area contributed by atoms with Crippen LogP contribution in [-0.4, -0.2) is 11.6 Å². The van der Waals surface area contributed by atoms with Crippen LogP contribution in [0.3, 0.4) is 0 Å². The maximum Gasteiger partial charge on any atom is 0.233 e. The zero-order chi connectivity index (χ0) is 13.1. The molecule has 0 saturated carbocycles. The summed E-state index contributed by atoms with van der Waals surface area (Å²) in [6.45, 7) is 0. The average Bonchev–Trinajstić information content (AvgIpc) is 2.37. The van der Waals surface area contributed by atoms with E-state index >= 15 is 0 Å². The van der Waals surface area contributed by atoms with E-state index in [0.29, 0.717) is 11.1 Å². The van der Waals surface area contributed by atoms with Crippen LogP contribution in [0.4, 0.5) is 0 Å². The lowest BCUT2D eigenvalue weighted by Gasteiger charge is -2.02. The fourth-order valence-corrected chi connectivity index (χ4v) is 2.83. The summed E-state index contributed by atoms with van der Waals surface area (Å²) in [7, 11) is 0. The number of carbonyl (C=O) groups is 2. The maximum absolute atomic E-state index is 12.1. The van der Waals surface area contributed by atoms with Crippen LogP contribution in [0.1, 0.15) is 20.7 Å². The van der Waals surface area contributed by atoms with Crippen molar-refractivity contribution in [2.45, 2.75) is 0 Å². The Morgan fingerprint density at radius 2 is 1.22 bits per heavy atom. The summed E-state index contributed by atoms with van der Waals surface area (Å²) < 4.78 is 1.50. The van der Waals surface area contributed by atoms with Crippen molar-refractivity contribution in [2.75, 3.05) is 0 Å². The summed E-state index contributed by atoms with van der Waals surface area (Å²) in [5.74, 6) is -1.01. The molecule has 0 atom stereocenters. The molecule has 0 bridgehead atoms. The van der Waals surface area contributed by atoms with E-state index < -0.39 is 11.6 Å². The first-order chi connectivity index (χ1) is 8.58. The van der Waals surface area contributed by atoms with Gasteiger partial charge in [-0.1, -0.05) is 62.2 Å². The minimum absolute atomic E-state index is 0.366. The predicted molar refractivity (Wildman–Crippen MR) is 76.9 cm³/mol. The topological polar surface area (TPSA) is 34.1 Å². The lowest BCUT2D eigenvalue weighted by molar-refractivity contribution is 0.0817. The maximum atomic E-state index is 12.1. The SMILES string of the molecule is O=C(C(=O)c1cc(Br)cc(Br)c1)c1ccccc1. The number of Topliss-reactive ketones (excluding diaryl/α,β-unsaturated/α-hetero) is 2. The second kappa shape index (κ2) is 5.59. The zero-order valence-corrected chi connectivity index (χ0v) is 12.4. The van der Waals surface area contributed by atoms with Gasteiger partial charge in [0.1, 0.15) is 0 Å². The molecule has 2 aromatic rings. The van der Waals surface area contributed by atoms with Gasteiger partial charge in [-0.05, 0) is 18.2 Å². The predicted octanol–water partition coefficient (Wildman–Crippen LogP) is 4.28. The Morgan fingerprint density at radius 1 is 0.722 bits per heavy atom. The van der Waals surface area contributed by atoms with Gasteiger partial charge in [0.25, 0.3) is 0 Å². The zero-order valence-electron chi connectivity index (χ0n) is 9.19. The molecule has 4 heteroatoms. The van der Waals surface area contributed by atoms with Crippen LogP contribution in [0, 0.1) is 0 Å². The number of carbonyl (C=O) groups excluding carboxylic acids is 2. The first kappa shape index (κ1) is 13.2. The van der Waals surface area contributed by atoms with Gasteiger partial charge in [-0.2, -0.15) is 0 Å². The molecule has 0 aliphatic heterocycles. The van der Waals surface area contributed by atoms with Gasteiger partial charge in [0.2, 0.25) is 11.6 Å².